The van der Waals surface area contributed by atoms with E-state index in [-0.39, 0.29) is 0 Å². The molecule has 0 amide bonds. The summed E-state index contributed by atoms with van der Waals surface area (Å²) in [6.07, 6.45) is 6.18. The molecule has 6 nitrogen and oxygen atoms in total. The van der Waals surface area contributed by atoms with Crippen LogP contribution in [0.25, 0.3) is 0 Å². The first kappa shape index (κ1) is 16.1. The second-order valence-corrected chi connectivity index (χ2v) is 6.79. The first-order chi connectivity index (χ1) is 12.2. The van der Waals surface area contributed by atoms with Gasteiger partial charge in [0.05, 0.1) is 0 Å². The highest BCUT2D eigenvalue weighted by Gasteiger charge is 2.30. The van der Waals surface area contributed by atoms with Crippen LogP contribution in [0.4, 0.5) is 5.95 Å². The van der Waals surface area contributed by atoms with Crippen LogP contribution in [0.15, 0.2) is 30.6 Å². The average Bonchev–Trinajstić information content (AvgIpc) is 3.09. The largest absolute Gasteiger partial charge is 0.486 e. The molecule has 25 heavy (non-hydrogen) atoms. The molecule has 1 aromatic carbocycles. The van der Waals surface area contributed by atoms with E-state index in [1.54, 1.807) is 0 Å². The van der Waals surface area contributed by atoms with Gasteiger partial charge in [-0.05, 0) is 25.5 Å². The standard InChI is InChI=1S/C19H24N4O2/c1-22(2)19-20-11-14(12-21-19)13-23-8-4-6-16(23)15-5-3-7-17-18(15)25-10-9-24-17/h3,5,7,11-12,16H,4,6,8-10,13H2,1-2H3/t16-/m1/s1. The van der Waals surface area contributed by atoms with Crippen molar-refractivity contribution < 1.29 is 9.47 Å². The Kier molecular flexibility index (Phi) is 4.44. The lowest BCUT2D eigenvalue weighted by molar-refractivity contribution is 0.163. The Bertz CT molecular complexity index is 733. The van der Waals surface area contributed by atoms with E-state index < -0.39 is 0 Å². The zero-order valence-electron chi connectivity index (χ0n) is 14.8. The third kappa shape index (κ3) is 3.26. The minimum absolute atomic E-state index is 0.352. The second kappa shape index (κ2) is 6.88. The summed E-state index contributed by atoms with van der Waals surface area (Å²) in [6, 6.07) is 6.58. The quantitative estimate of drug-likeness (QED) is 0.853. The Morgan fingerprint density at radius 1 is 1.16 bits per heavy atom. The van der Waals surface area contributed by atoms with Gasteiger partial charge in [-0.3, -0.25) is 4.90 Å². The van der Waals surface area contributed by atoms with Crippen LogP contribution in [0.5, 0.6) is 11.5 Å². The topological polar surface area (TPSA) is 50.7 Å². The van der Waals surface area contributed by atoms with Gasteiger partial charge < -0.3 is 14.4 Å². The number of likely N-dealkylation sites (tertiary alicyclic amines) is 1. The van der Waals surface area contributed by atoms with Crippen LogP contribution in [0.1, 0.15) is 30.0 Å². The average molecular weight is 340 g/mol. The molecule has 0 N–H and O–H groups in total. The van der Waals surface area contributed by atoms with Gasteiger partial charge in [0.25, 0.3) is 0 Å². The van der Waals surface area contributed by atoms with Crippen LogP contribution in [0.2, 0.25) is 0 Å². The highest BCUT2D eigenvalue weighted by Crippen LogP contribution is 2.43. The second-order valence-electron chi connectivity index (χ2n) is 6.79. The molecule has 2 aromatic rings. The lowest BCUT2D eigenvalue weighted by atomic mass is 10.0. The molecular weight excluding hydrogens is 316 g/mol. The van der Waals surface area contributed by atoms with Crippen LogP contribution in [0.3, 0.4) is 0 Å². The van der Waals surface area contributed by atoms with E-state index in [0.29, 0.717) is 19.3 Å². The molecule has 3 heterocycles. The first-order valence-electron chi connectivity index (χ1n) is 8.83. The number of anilines is 1. The monoisotopic (exact) mass is 340 g/mol. The Balaban J connectivity index is 1.55. The number of rotatable bonds is 4. The van der Waals surface area contributed by atoms with Gasteiger partial charge in [-0.15, -0.1) is 0 Å². The van der Waals surface area contributed by atoms with Crippen molar-refractivity contribution in [1.29, 1.82) is 0 Å². The van der Waals surface area contributed by atoms with Gasteiger partial charge in [-0.25, -0.2) is 9.97 Å². The van der Waals surface area contributed by atoms with Crippen LogP contribution in [-0.2, 0) is 6.54 Å². The van der Waals surface area contributed by atoms with E-state index in [2.05, 4.69) is 27.0 Å². The van der Waals surface area contributed by atoms with Gasteiger partial charge >= 0.3 is 0 Å². The van der Waals surface area contributed by atoms with Gasteiger partial charge in [0.15, 0.2) is 11.5 Å². The number of aromatic nitrogens is 2. The number of hydrogen-bond donors (Lipinski definition) is 0. The molecule has 0 spiro atoms. The van der Waals surface area contributed by atoms with E-state index in [1.165, 1.54) is 12.0 Å². The fourth-order valence-corrected chi connectivity index (χ4v) is 3.62. The maximum atomic E-state index is 5.93. The summed E-state index contributed by atoms with van der Waals surface area (Å²) in [5.41, 5.74) is 2.37. The smallest absolute Gasteiger partial charge is 0.224 e. The van der Waals surface area contributed by atoms with E-state index in [4.69, 9.17) is 9.47 Å². The van der Waals surface area contributed by atoms with Crippen LogP contribution < -0.4 is 14.4 Å². The highest BCUT2D eigenvalue weighted by atomic mass is 16.6. The van der Waals surface area contributed by atoms with E-state index in [1.807, 2.05) is 37.5 Å². The Labute approximate surface area is 148 Å². The summed E-state index contributed by atoms with van der Waals surface area (Å²) in [6.45, 7) is 3.17. The molecule has 2 aliphatic rings. The molecule has 1 aromatic heterocycles. The van der Waals surface area contributed by atoms with Gasteiger partial charge in [-0.1, -0.05) is 12.1 Å². The molecule has 2 aliphatic heterocycles. The summed E-state index contributed by atoms with van der Waals surface area (Å²) in [4.78, 5) is 13.3. The third-order valence-corrected chi connectivity index (χ3v) is 4.80. The summed E-state index contributed by atoms with van der Waals surface area (Å²) in [5, 5.41) is 0. The van der Waals surface area contributed by atoms with Gasteiger partial charge in [0, 0.05) is 50.2 Å². The van der Waals surface area contributed by atoms with Crippen molar-refractivity contribution in [2.45, 2.75) is 25.4 Å². The SMILES string of the molecule is CN(C)c1ncc(CN2CCC[C@@H]2c2cccc3c2OCCO3)cn1. The Morgan fingerprint density at radius 2 is 1.96 bits per heavy atom. The van der Waals surface area contributed by atoms with E-state index in [9.17, 15) is 0 Å². The zero-order chi connectivity index (χ0) is 17.2. The zero-order valence-corrected chi connectivity index (χ0v) is 14.8. The molecule has 0 saturated carbocycles. The van der Waals surface area contributed by atoms with Crippen molar-refractivity contribution in [3.63, 3.8) is 0 Å². The Morgan fingerprint density at radius 3 is 2.76 bits per heavy atom. The molecular formula is C19H24N4O2. The molecule has 1 atom stereocenters. The number of ether oxygens (including phenoxy) is 2. The molecule has 6 heteroatoms. The van der Waals surface area contributed by atoms with Crippen LogP contribution in [-0.4, -0.2) is 48.7 Å². The number of para-hydroxylation sites is 1. The van der Waals surface area contributed by atoms with Crippen molar-refractivity contribution in [1.82, 2.24) is 14.9 Å². The summed E-state index contributed by atoms with van der Waals surface area (Å²) >= 11 is 0. The summed E-state index contributed by atoms with van der Waals surface area (Å²) in [5.74, 6) is 2.53. The molecule has 1 fully saturated rings. The molecule has 0 bridgehead atoms. The third-order valence-electron chi connectivity index (χ3n) is 4.80. The molecule has 0 radical (unpaired) electrons. The predicted molar refractivity (Wildman–Crippen MR) is 96.2 cm³/mol. The summed E-state index contributed by atoms with van der Waals surface area (Å²) < 4.78 is 11.7. The van der Waals surface area contributed by atoms with Crippen LogP contribution >= 0.6 is 0 Å². The normalized spacial score (nSPS) is 19.8. The molecule has 0 unspecified atom stereocenters. The number of fused-ring (bicyclic) bond motifs is 1. The van der Waals surface area contributed by atoms with Crippen molar-refractivity contribution >= 4 is 5.95 Å². The maximum absolute atomic E-state index is 5.93. The maximum Gasteiger partial charge on any atom is 0.224 e. The number of nitrogens with zero attached hydrogens (tertiary/aromatic N) is 4. The number of benzene rings is 1. The minimum Gasteiger partial charge on any atom is -0.486 e. The van der Waals surface area contributed by atoms with Gasteiger partial charge in [0.2, 0.25) is 5.95 Å². The fourth-order valence-electron chi connectivity index (χ4n) is 3.62. The molecule has 132 valence electrons. The van der Waals surface area contributed by atoms with Crippen molar-refractivity contribution in [3.8, 4) is 11.5 Å². The first-order valence-corrected chi connectivity index (χ1v) is 8.83. The van der Waals surface area contributed by atoms with Crippen LogP contribution in [0, 0.1) is 0 Å². The number of hydrogen-bond acceptors (Lipinski definition) is 6. The van der Waals surface area contributed by atoms with E-state index in [0.717, 1.165) is 42.5 Å². The highest BCUT2D eigenvalue weighted by molar-refractivity contribution is 5.49. The van der Waals surface area contributed by atoms with Crippen molar-refractivity contribution in [2.24, 2.45) is 0 Å². The Hall–Kier alpha value is -2.34. The predicted octanol–water partition coefficient (Wildman–Crippen LogP) is 2.65. The lowest BCUT2D eigenvalue weighted by Gasteiger charge is -2.28. The lowest BCUT2D eigenvalue weighted by Crippen LogP contribution is -2.25. The van der Waals surface area contributed by atoms with Crippen molar-refractivity contribution in [2.75, 3.05) is 38.8 Å². The minimum atomic E-state index is 0.352. The fraction of sp³-hybridized carbons (Fsp3) is 0.474. The molecule has 0 aliphatic carbocycles. The molecule has 1 saturated heterocycles. The van der Waals surface area contributed by atoms with E-state index >= 15 is 0 Å². The van der Waals surface area contributed by atoms with Gasteiger partial charge in [-0.2, -0.15) is 0 Å². The molecule has 4 rings (SSSR count). The van der Waals surface area contributed by atoms with Crippen molar-refractivity contribution in [3.05, 3.63) is 41.7 Å². The van der Waals surface area contributed by atoms with Gasteiger partial charge in [0.1, 0.15) is 13.2 Å². The summed E-state index contributed by atoms with van der Waals surface area (Å²) in [7, 11) is 3.90.